The van der Waals surface area contributed by atoms with Crippen LogP contribution in [-0.2, 0) is 23.1 Å². The van der Waals surface area contributed by atoms with Crippen LogP contribution in [-0.4, -0.2) is 32.8 Å². The zero-order chi connectivity index (χ0) is 16.4. The van der Waals surface area contributed by atoms with Crippen molar-refractivity contribution >= 4 is 11.9 Å². The number of aryl methyl sites for hydroxylation is 2. The summed E-state index contributed by atoms with van der Waals surface area (Å²) in [6, 6.07) is -0.233. The van der Waals surface area contributed by atoms with Gasteiger partial charge in [0, 0.05) is 24.7 Å². The first-order chi connectivity index (χ1) is 10.3. The minimum atomic E-state index is -0.811. The van der Waals surface area contributed by atoms with Gasteiger partial charge >= 0.3 is 5.97 Å². The monoisotopic (exact) mass is 307 g/mol. The second-order valence-electron chi connectivity index (χ2n) is 6.37. The van der Waals surface area contributed by atoms with Crippen molar-refractivity contribution < 1.29 is 14.7 Å². The number of hydrogen-bond donors (Lipinski definition) is 2. The second kappa shape index (κ2) is 6.50. The van der Waals surface area contributed by atoms with Crippen LogP contribution < -0.4 is 5.32 Å². The van der Waals surface area contributed by atoms with E-state index in [0.717, 1.165) is 29.8 Å². The third kappa shape index (κ3) is 3.31. The molecule has 6 nitrogen and oxygen atoms in total. The van der Waals surface area contributed by atoms with Crippen LogP contribution in [0, 0.1) is 25.7 Å². The number of carboxylic acid groups (broad SMARTS) is 1. The van der Waals surface area contributed by atoms with E-state index in [1.807, 2.05) is 32.5 Å². The van der Waals surface area contributed by atoms with Crippen LogP contribution in [0.2, 0.25) is 0 Å². The molecule has 1 aliphatic carbocycles. The first-order valence-corrected chi connectivity index (χ1v) is 7.83. The number of rotatable bonds is 5. The lowest BCUT2D eigenvalue weighted by molar-refractivity contribution is -0.142. The molecule has 0 radical (unpaired) electrons. The molecule has 0 bridgehead atoms. The quantitative estimate of drug-likeness (QED) is 0.865. The highest BCUT2D eigenvalue weighted by molar-refractivity contribution is 5.80. The van der Waals surface area contributed by atoms with E-state index in [1.54, 1.807) is 0 Å². The summed E-state index contributed by atoms with van der Waals surface area (Å²) in [5, 5.41) is 16.5. The molecule has 0 aliphatic heterocycles. The van der Waals surface area contributed by atoms with Crippen molar-refractivity contribution in [1.82, 2.24) is 15.1 Å². The van der Waals surface area contributed by atoms with Crippen molar-refractivity contribution in [1.29, 1.82) is 0 Å². The number of nitrogens with one attached hydrogen (secondary N) is 1. The van der Waals surface area contributed by atoms with Crippen LogP contribution in [0.25, 0.3) is 0 Å². The molecule has 2 N–H and O–H groups in total. The maximum atomic E-state index is 12.4. The smallest absolute Gasteiger partial charge is 0.308 e. The van der Waals surface area contributed by atoms with E-state index in [2.05, 4.69) is 10.4 Å². The summed E-state index contributed by atoms with van der Waals surface area (Å²) in [6.45, 7) is 5.83. The Labute approximate surface area is 130 Å². The fourth-order valence-corrected chi connectivity index (χ4v) is 3.27. The predicted octanol–water partition coefficient (Wildman–Crippen LogP) is 1.59. The van der Waals surface area contributed by atoms with Gasteiger partial charge in [0.1, 0.15) is 0 Å². The average molecular weight is 307 g/mol. The highest BCUT2D eigenvalue weighted by Crippen LogP contribution is 2.26. The van der Waals surface area contributed by atoms with Crippen molar-refractivity contribution in [2.75, 3.05) is 0 Å². The Morgan fingerprint density at radius 2 is 2.09 bits per heavy atom. The van der Waals surface area contributed by atoms with Crippen molar-refractivity contribution in [2.24, 2.45) is 18.9 Å². The molecule has 1 aromatic heterocycles. The molecule has 1 aromatic rings. The van der Waals surface area contributed by atoms with Crippen molar-refractivity contribution in [3.63, 3.8) is 0 Å². The topological polar surface area (TPSA) is 84.2 Å². The van der Waals surface area contributed by atoms with Gasteiger partial charge in [-0.15, -0.1) is 0 Å². The van der Waals surface area contributed by atoms with Crippen LogP contribution in [0.5, 0.6) is 0 Å². The van der Waals surface area contributed by atoms with Crippen molar-refractivity contribution in [3.8, 4) is 0 Å². The molecule has 6 heteroatoms. The third-order valence-corrected chi connectivity index (χ3v) is 4.78. The van der Waals surface area contributed by atoms with Gasteiger partial charge in [-0.1, -0.05) is 13.3 Å². The van der Waals surface area contributed by atoms with Crippen molar-refractivity contribution in [3.05, 3.63) is 17.0 Å². The zero-order valence-corrected chi connectivity index (χ0v) is 13.7. The van der Waals surface area contributed by atoms with E-state index in [4.69, 9.17) is 0 Å². The molecule has 0 saturated heterocycles. The molecule has 1 amide bonds. The standard InChI is InChI=1S/C16H25N3O3/c1-9(8-13-10(2)18-19(4)11(13)3)15(20)17-14-7-5-6-12(14)16(21)22/h9,12,14H,5-8H2,1-4H3,(H,17,20)(H,21,22)/t9?,12-,14+/m0/s1. The van der Waals surface area contributed by atoms with Gasteiger partial charge in [0.2, 0.25) is 5.91 Å². The Kier molecular flexibility index (Phi) is 4.88. The number of amides is 1. The van der Waals surface area contributed by atoms with E-state index in [9.17, 15) is 14.7 Å². The van der Waals surface area contributed by atoms with E-state index < -0.39 is 11.9 Å². The fraction of sp³-hybridized carbons (Fsp3) is 0.688. The van der Waals surface area contributed by atoms with Crippen LogP contribution in [0.1, 0.15) is 43.1 Å². The number of aliphatic carboxylic acids is 1. The molecule has 1 heterocycles. The number of nitrogens with zero attached hydrogens (tertiary/aromatic N) is 2. The minimum absolute atomic E-state index is 0.0687. The fourth-order valence-electron chi connectivity index (χ4n) is 3.27. The van der Waals surface area contributed by atoms with E-state index in [-0.39, 0.29) is 17.9 Å². The number of carbonyl (C=O) groups is 2. The van der Waals surface area contributed by atoms with Gasteiger partial charge in [-0.05, 0) is 38.7 Å². The molecule has 1 saturated carbocycles. The van der Waals surface area contributed by atoms with E-state index >= 15 is 0 Å². The zero-order valence-electron chi connectivity index (χ0n) is 13.7. The second-order valence-corrected chi connectivity index (χ2v) is 6.37. The number of carbonyl (C=O) groups excluding carboxylic acids is 1. The maximum Gasteiger partial charge on any atom is 0.308 e. The summed E-state index contributed by atoms with van der Waals surface area (Å²) < 4.78 is 1.83. The van der Waals surface area contributed by atoms with Crippen molar-refractivity contribution in [2.45, 2.75) is 52.5 Å². The first kappa shape index (κ1) is 16.5. The molecule has 3 atom stereocenters. The number of hydrogen-bond acceptors (Lipinski definition) is 3. The molecule has 1 fully saturated rings. The third-order valence-electron chi connectivity index (χ3n) is 4.78. The lowest BCUT2D eigenvalue weighted by atomic mass is 9.97. The summed E-state index contributed by atoms with van der Waals surface area (Å²) in [4.78, 5) is 23.6. The largest absolute Gasteiger partial charge is 0.481 e. The van der Waals surface area contributed by atoms with Gasteiger partial charge in [-0.25, -0.2) is 0 Å². The van der Waals surface area contributed by atoms with Crippen LogP contribution in [0.4, 0.5) is 0 Å². The Morgan fingerprint density at radius 1 is 1.41 bits per heavy atom. The number of aromatic nitrogens is 2. The van der Waals surface area contributed by atoms with Crippen LogP contribution >= 0.6 is 0 Å². The molecule has 1 aliphatic rings. The maximum absolute atomic E-state index is 12.4. The molecular weight excluding hydrogens is 282 g/mol. The van der Waals surface area contributed by atoms with Gasteiger partial charge in [-0.2, -0.15) is 5.10 Å². The lowest BCUT2D eigenvalue weighted by Crippen LogP contribution is -2.42. The molecule has 2 rings (SSSR count). The molecule has 122 valence electrons. The van der Waals surface area contributed by atoms with E-state index in [0.29, 0.717) is 12.8 Å². The normalized spacial score (nSPS) is 22.5. The Hall–Kier alpha value is -1.85. The first-order valence-electron chi connectivity index (χ1n) is 7.83. The lowest BCUT2D eigenvalue weighted by Gasteiger charge is -2.20. The summed E-state index contributed by atoms with van der Waals surface area (Å²) in [5.74, 6) is -1.52. The highest BCUT2D eigenvalue weighted by atomic mass is 16.4. The molecule has 22 heavy (non-hydrogen) atoms. The van der Waals surface area contributed by atoms with E-state index in [1.165, 1.54) is 0 Å². The molecule has 1 unspecified atom stereocenters. The van der Waals surface area contributed by atoms with Gasteiger partial charge in [0.25, 0.3) is 0 Å². The van der Waals surface area contributed by atoms with Crippen LogP contribution in [0.3, 0.4) is 0 Å². The Bertz CT molecular complexity index is 579. The summed E-state index contributed by atoms with van der Waals surface area (Å²) in [5.41, 5.74) is 3.12. The Morgan fingerprint density at radius 3 is 2.64 bits per heavy atom. The van der Waals surface area contributed by atoms with Gasteiger partial charge in [0.05, 0.1) is 11.6 Å². The summed E-state index contributed by atoms with van der Waals surface area (Å²) >= 11 is 0. The Balaban J connectivity index is 1.99. The molecule has 0 aromatic carbocycles. The van der Waals surface area contributed by atoms with Gasteiger partial charge in [0.15, 0.2) is 0 Å². The highest BCUT2D eigenvalue weighted by Gasteiger charge is 2.34. The van der Waals surface area contributed by atoms with Crippen LogP contribution in [0.15, 0.2) is 0 Å². The molecular formula is C16H25N3O3. The average Bonchev–Trinajstić information content (AvgIpc) is 2.99. The van der Waals surface area contributed by atoms with Gasteiger partial charge in [-0.3, -0.25) is 14.3 Å². The summed E-state index contributed by atoms with van der Waals surface area (Å²) in [6.07, 6.45) is 2.88. The molecule has 0 spiro atoms. The minimum Gasteiger partial charge on any atom is -0.481 e. The van der Waals surface area contributed by atoms with Gasteiger partial charge < -0.3 is 10.4 Å². The number of carboxylic acids is 1. The summed E-state index contributed by atoms with van der Waals surface area (Å²) in [7, 11) is 1.90. The SMILES string of the molecule is Cc1nn(C)c(C)c1CC(C)C(=O)N[C@@H]1CCC[C@@H]1C(=O)O. The predicted molar refractivity (Wildman–Crippen MR) is 82.5 cm³/mol.